The second kappa shape index (κ2) is 3.13. The normalized spacial score (nSPS) is 37.3. The number of allylic oxidation sites excluding steroid dienone is 2. The smallest absolute Gasteiger partial charge is 0.0591 e. The van der Waals surface area contributed by atoms with E-state index in [1.54, 1.807) is 0 Å². The van der Waals surface area contributed by atoms with Crippen LogP contribution in [0.2, 0.25) is 0 Å². The van der Waals surface area contributed by atoms with Gasteiger partial charge in [0.05, 0.1) is 5.60 Å². The molecule has 3 atom stereocenters. The second-order valence-electron chi connectivity index (χ2n) is 5.39. The molecule has 2 bridgehead atoms. The molecule has 2 aliphatic rings. The SMILES string of the molecule is CC(C)(O)CCC1CC2C=CC1C2. The van der Waals surface area contributed by atoms with Crippen molar-refractivity contribution in [1.82, 2.24) is 0 Å². The third-order valence-electron chi connectivity index (χ3n) is 3.54. The predicted octanol–water partition coefficient (Wildman–Crippen LogP) is 2.75. The average molecular weight is 180 g/mol. The fraction of sp³-hybridized carbons (Fsp3) is 0.833. The maximum absolute atomic E-state index is 9.63. The Morgan fingerprint density at radius 3 is 2.54 bits per heavy atom. The molecule has 0 heterocycles. The highest BCUT2D eigenvalue weighted by Crippen LogP contribution is 2.45. The molecule has 3 unspecified atom stereocenters. The molecule has 1 nitrogen and oxygen atoms in total. The van der Waals surface area contributed by atoms with E-state index in [-0.39, 0.29) is 0 Å². The molecule has 0 aromatic heterocycles. The topological polar surface area (TPSA) is 20.2 Å². The van der Waals surface area contributed by atoms with Crippen molar-refractivity contribution >= 4 is 0 Å². The molecule has 0 radical (unpaired) electrons. The molecule has 0 aromatic rings. The lowest BCUT2D eigenvalue weighted by Crippen LogP contribution is -2.20. The molecule has 1 N–H and O–H groups in total. The van der Waals surface area contributed by atoms with Crippen molar-refractivity contribution in [2.45, 2.75) is 45.1 Å². The van der Waals surface area contributed by atoms with Crippen LogP contribution in [0.4, 0.5) is 0 Å². The zero-order valence-corrected chi connectivity index (χ0v) is 8.66. The van der Waals surface area contributed by atoms with Gasteiger partial charge in [0, 0.05) is 0 Å². The lowest BCUT2D eigenvalue weighted by Gasteiger charge is -2.23. The van der Waals surface area contributed by atoms with Crippen LogP contribution < -0.4 is 0 Å². The summed E-state index contributed by atoms with van der Waals surface area (Å²) in [6, 6.07) is 0. The van der Waals surface area contributed by atoms with Gasteiger partial charge in [-0.15, -0.1) is 0 Å². The van der Waals surface area contributed by atoms with Crippen LogP contribution in [0.25, 0.3) is 0 Å². The number of aliphatic hydroxyl groups is 1. The van der Waals surface area contributed by atoms with Crippen LogP contribution in [-0.4, -0.2) is 10.7 Å². The Labute approximate surface area is 80.8 Å². The van der Waals surface area contributed by atoms with Crippen molar-refractivity contribution in [3.8, 4) is 0 Å². The third kappa shape index (κ3) is 2.14. The van der Waals surface area contributed by atoms with Gasteiger partial charge in [0.15, 0.2) is 0 Å². The molecule has 0 saturated heterocycles. The van der Waals surface area contributed by atoms with Crippen molar-refractivity contribution < 1.29 is 5.11 Å². The fourth-order valence-electron chi connectivity index (χ4n) is 2.77. The van der Waals surface area contributed by atoms with E-state index in [1.807, 2.05) is 13.8 Å². The highest BCUT2D eigenvalue weighted by atomic mass is 16.3. The van der Waals surface area contributed by atoms with Gasteiger partial charge >= 0.3 is 0 Å². The maximum Gasteiger partial charge on any atom is 0.0591 e. The monoisotopic (exact) mass is 180 g/mol. The van der Waals surface area contributed by atoms with Gasteiger partial charge in [-0.2, -0.15) is 0 Å². The van der Waals surface area contributed by atoms with E-state index in [4.69, 9.17) is 0 Å². The molecule has 1 fully saturated rings. The summed E-state index contributed by atoms with van der Waals surface area (Å²) in [4.78, 5) is 0. The van der Waals surface area contributed by atoms with Crippen molar-refractivity contribution in [2.75, 3.05) is 0 Å². The van der Waals surface area contributed by atoms with Crippen LogP contribution in [-0.2, 0) is 0 Å². The summed E-state index contributed by atoms with van der Waals surface area (Å²) in [7, 11) is 0. The first-order chi connectivity index (χ1) is 6.04. The van der Waals surface area contributed by atoms with Gasteiger partial charge in [-0.25, -0.2) is 0 Å². The Kier molecular flexibility index (Phi) is 2.23. The summed E-state index contributed by atoms with van der Waals surface area (Å²) in [5, 5.41) is 9.63. The number of hydrogen-bond donors (Lipinski definition) is 1. The van der Waals surface area contributed by atoms with Crippen molar-refractivity contribution in [1.29, 1.82) is 0 Å². The Morgan fingerprint density at radius 1 is 1.31 bits per heavy atom. The Bertz CT molecular complexity index is 212. The van der Waals surface area contributed by atoms with Gasteiger partial charge < -0.3 is 5.11 Å². The molecule has 2 rings (SSSR count). The van der Waals surface area contributed by atoms with Crippen LogP contribution in [0.5, 0.6) is 0 Å². The van der Waals surface area contributed by atoms with Gasteiger partial charge in [0.25, 0.3) is 0 Å². The average Bonchev–Trinajstić information content (AvgIpc) is 2.58. The summed E-state index contributed by atoms with van der Waals surface area (Å²) in [6.45, 7) is 3.83. The zero-order valence-electron chi connectivity index (χ0n) is 8.66. The van der Waals surface area contributed by atoms with Crippen LogP contribution in [0.1, 0.15) is 39.5 Å². The quantitative estimate of drug-likeness (QED) is 0.662. The van der Waals surface area contributed by atoms with Crippen molar-refractivity contribution in [2.24, 2.45) is 17.8 Å². The van der Waals surface area contributed by atoms with Gasteiger partial charge in [-0.1, -0.05) is 12.2 Å². The van der Waals surface area contributed by atoms with E-state index in [9.17, 15) is 5.11 Å². The standard InChI is InChI=1S/C12H20O/c1-12(2,13)6-5-11-8-9-3-4-10(11)7-9/h3-4,9-11,13H,5-8H2,1-2H3. The third-order valence-corrected chi connectivity index (χ3v) is 3.54. The van der Waals surface area contributed by atoms with Crippen molar-refractivity contribution in [3.63, 3.8) is 0 Å². The van der Waals surface area contributed by atoms with Crippen LogP contribution in [0.15, 0.2) is 12.2 Å². The van der Waals surface area contributed by atoms with E-state index < -0.39 is 5.60 Å². The highest BCUT2D eigenvalue weighted by Gasteiger charge is 2.35. The van der Waals surface area contributed by atoms with Gasteiger partial charge in [0.2, 0.25) is 0 Å². The predicted molar refractivity (Wildman–Crippen MR) is 54.4 cm³/mol. The summed E-state index contributed by atoms with van der Waals surface area (Å²) < 4.78 is 0. The molecule has 0 amide bonds. The Balaban J connectivity index is 1.81. The fourth-order valence-corrected chi connectivity index (χ4v) is 2.77. The molecule has 1 saturated carbocycles. The highest BCUT2D eigenvalue weighted by molar-refractivity contribution is 5.10. The van der Waals surface area contributed by atoms with E-state index in [0.29, 0.717) is 0 Å². The number of rotatable bonds is 3. The second-order valence-corrected chi connectivity index (χ2v) is 5.39. The van der Waals surface area contributed by atoms with E-state index in [1.165, 1.54) is 19.3 Å². The summed E-state index contributed by atoms with van der Waals surface area (Å²) in [6.07, 6.45) is 9.69. The zero-order chi connectivity index (χ0) is 9.47. The molecule has 0 spiro atoms. The Hall–Kier alpha value is -0.300. The molecular weight excluding hydrogens is 160 g/mol. The molecule has 0 aliphatic heterocycles. The van der Waals surface area contributed by atoms with Crippen LogP contribution in [0, 0.1) is 17.8 Å². The summed E-state index contributed by atoms with van der Waals surface area (Å²) >= 11 is 0. The minimum atomic E-state index is -0.467. The lowest BCUT2D eigenvalue weighted by molar-refractivity contribution is 0.0621. The summed E-state index contributed by atoms with van der Waals surface area (Å²) in [5.74, 6) is 2.57. The minimum Gasteiger partial charge on any atom is -0.390 e. The van der Waals surface area contributed by atoms with Crippen molar-refractivity contribution in [3.05, 3.63) is 12.2 Å². The molecular formula is C12H20O. The molecule has 2 aliphatic carbocycles. The molecule has 0 aromatic carbocycles. The maximum atomic E-state index is 9.63. The first-order valence-electron chi connectivity index (χ1n) is 5.45. The Morgan fingerprint density at radius 2 is 2.08 bits per heavy atom. The number of fused-ring (bicyclic) bond motifs is 2. The lowest BCUT2D eigenvalue weighted by atomic mass is 9.86. The molecule has 74 valence electrons. The number of hydrogen-bond acceptors (Lipinski definition) is 1. The largest absolute Gasteiger partial charge is 0.390 e. The summed E-state index contributed by atoms with van der Waals surface area (Å²) in [5.41, 5.74) is -0.467. The first-order valence-corrected chi connectivity index (χ1v) is 5.45. The van der Waals surface area contributed by atoms with E-state index >= 15 is 0 Å². The van der Waals surface area contributed by atoms with Gasteiger partial charge in [0.1, 0.15) is 0 Å². The van der Waals surface area contributed by atoms with Crippen LogP contribution in [0.3, 0.4) is 0 Å². The van der Waals surface area contributed by atoms with Crippen LogP contribution >= 0.6 is 0 Å². The van der Waals surface area contributed by atoms with Gasteiger partial charge in [-0.3, -0.25) is 0 Å². The van der Waals surface area contributed by atoms with Gasteiger partial charge in [-0.05, 0) is 57.3 Å². The minimum absolute atomic E-state index is 0.467. The first kappa shape index (κ1) is 9.26. The molecule has 1 heteroatoms. The van der Waals surface area contributed by atoms with E-state index in [2.05, 4.69) is 12.2 Å². The van der Waals surface area contributed by atoms with E-state index in [0.717, 1.165) is 24.2 Å². The molecule has 13 heavy (non-hydrogen) atoms.